The van der Waals surface area contributed by atoms with Crippen LogP contribution in [0, 0.1) is 0 Å². The fraction of sp³-hybridized carbons (Fsp3) is 0.517. The number of hydrogen-bond donors (Lipinski definition) is 13. The first-order valence-electron chi connectivity index (χ1n) is 28.3. The lowest BCUT2D eigenvalue weighted by Crippen LogP contribution is -2.54. The molecule has 13 N–H and O–H groups in total. The summed E-state index contributed by atoms with van der Waals surface area (Å²) in [4.78, 5) is 165. The Balaban J connectivity index is 1.85. The first-order valence-corrected chi connectivity index (χ1v) is 28.3. The second kappa shape index (κ2) is 32.3. The van der Waals surface area contributed by atoms with Crippen LogP contribution in [0.2, 0.25) is 0 Å². The number of rotatable bonds is 44. The van der Waals surface area contributed by atoms with Crippen LogP contribution in [0.3, 0.4) is 0 Å². The van der Waals surface area contributed by atoms with Gasteiger partial charge in [0.2, 0.25) is 23.6 Å². The molecular formula is C60H76N4O22. The van der Waals surface area contributed by atoms with Gasteiger partial charge in [-0.25, -0.2) is 0 Å². The molecule has 4 aromatic carbocycles. The summed E-state index contributed by atoms with van der Waals surface area (Å²) in [5, 5.41) is 104. The summed E-state index contributed by atoms with van der Waals surface area (Å²) >= 11 is 0. The van der Waals surface area contributed by atoms with E-state index in [2.05, 4.69) is 21.3 Å². The van der Waals surface area contributed by atoms with Gasteiger partial charge in [-0.3, -0.25) is 62.3 Å². The van der Waals surface area contributed by atoms with Crippen molar-refractivity contribution in [1.29, 1.82) is 0 Å². The zero-order valence-electron chi connectivity index (χ0n) is 47.6. The molecule has 0 heterocycles. The highest BCUT2D eigenvalue weighted by Crippen LogP contribution is 2.37. The molecule has 0 atom stereocenters. The van der Waals surface area contributed by atoms with E-state index in [1.54, 1.807) is 0 Å². The van der Waals surface area contributed by atoms with Crippen LogP contribution in [0.5, 0.6) is 0 Å². The molecule has 0 aliphatic heterocycles. The van der Waals surface area contributed by atoms with Crippen LogP contribution in [0.25, 0.3) is 32.3 Å². The number of carboxylic acids is 9. The largest absolute Gasteiger partial charge is 0.481 e. The maximum absolute atomic E-state index is 14.6. The highest BCUT2D eigenvalue weighted by molar-refractivity contribution is 6.23. The fourth-order valence-corrected chi connectivity index (χ4v) is 11.3. The third-order valence-corrected chi connectivity index (χ3v) is 15.9. The predicted octanol–water partition coefficient (Wildman–Crippen LogP) is 6.45. The number of aliphatic carboxylic acids is 9. The average molecular weight is 1210 g/mol. The molecule has 0 saturated carbocycles. The van der Waals surface area contributed by atoms with Gasteiger partial charge in [0.25, 0.3) is 0 Å². The van der Waals surface area contributed by atoms with Gasteiger partial charge >= 0.3 is 53.7 Å². The molecule has 26 nitrogen and oxygen atoms in total. The fourth-order valence-electron chi connectivity index (χ4n) is 11.3. The minimum absolute atomic E-state index is 0.200. The van der Waals surface area contributed by atoms with Gasteiger partial charge in [0.05, 0.1) is 0 Å². The molecule has 0 spiro atoms. The summed E-state index contributed by atoms with van der Waals surface area (Å²) in [7, 11) is 0. The van der Waals surface area contributed by atoms with Crippen molar-refractivity contribution in [3.05, 3.63) is 60.2 Å². The minimum atomic E-state index is -1.86. The van der Waals surface area contributed by atoms with E-state index in [0.29, 0.717) is 6.42 Å². The molecule has 0 aromatic heterocycles. The number of aryl methyl sites for hydroxylation is 1. The molecule has 0 unspecified atom stereocenters. The Labute approximate surface area is 493 Å². The second-order valence-electron chi connectivity index (χ2n) is 22.3. The van der Waals surface area contributed by atoms with E-state index in [4.69, 9.17) is 0 Å². The van der Waals surface area contributed by atoms with E-state index >= 15 is 0 Å². The van der Waals surface area contributed by atoms with E-state index in [9.17, 15) is 108 Å². The molecule has 0 saturated heterocycles. The van der Waals surface area contributed by atoms with Gasteiger partial charge in [-0.05, 0) is 128 Å². The number of benzene rings is 4. The van der Waals surface area contributed by atoms with Gasteiger partial charge in [0, 0.05) is 106 Å². The lowest BCUT2D eigenvalue weighted by Gasteiger charge is -2.39. The van der Waals surface area contributed by atoms with E-state index in [1.165, 1.54) is 0 Å². The van der Waals surface area contributed by atoms with Crippen LogP contribution in [-0.4, -0.2) is 145 Å². The Hall–Kier alpha value is -8.97. The second-order valence-corrected chi connectivity index (χ2v) is 22.3. The molecule has 0 aliphatic carbocycles. The number of amides is 4. The highest BCUT2D eigenvalue weighted by Gasteiger charge is 2.40. The summed E-state index contributed by atoms with van der Waals surface area (Å²) < 4.78 is 0. The third-order valence-electron chi connectivity index (χ3n) is 15.9. The van der Waals surface area contributed by atoms with Gasteiger partial charge in [-0.2, -0.15) is 0 Å². The van der Waals surface area contributed by atoms with Gasteiger partial charge in [0.15, 0.2) is 0 Å². The number of hydrogen-bond acceptors (Lipinski definition) is 13. The predicted molar refractivity (Wildman–Crippen MR) is 306 cm³/mol. The molecule has 86 heavy (non-hydrogen) atoms. The van der Waals surface area contributed by atoms with E-state index < -0.39 is 254 Å². The Morgan fingerprint density at radius 3 is 0.791 bits per heavy atom. The Bertz CT molecular complexity index is 2790. The van der Waals surface area contributed by atoms with E-state index in [1.807, 2.05) is 54.6 Å². The van der Waals surface area contributed by atoms with Crippen molar-refractivity contribution in [3.63, 3.8) is 0 Å². The Morgan fingerprint density at radius 2 is 0.512 bits per heavy atom. The smallest absolute Gasteiger partial charge is 0.303 e. The number of carbonyl (C=O) groups is 13. The van der Waals surface area contributed by atoms with Crippen LogP contribution >= 0.6 is 0 Å². The summed E-state index contributed by atoms with van der Waals surface area (Å²) in [5.41, 5.74) is -6.18. The van der Waals surface area contributed by atoms with Crippen molar-refractivity contribution in [2.24, 2.45) is 0 Å². The molecular weight excluding hydrogens is 1130 g/mol. The molecule has 0 fully saturated rings. The Kier molecular flexibility index (Phi) is 26.1. The lowest BCUT2D eigenvalue weighted by molar-refractivity contribution is -0.141. The van der Waals surface area contributed by atoms with Gasteiger partial charge in [0.1, 0.15) is 0 Å². The van der Waals surface area contributed by atoms with Gasteiger partial charge < -0.3 is 67.2 Å². The van der Waals surface area contributed by atoms with Crippen molar-refractivity contribution < 1.29 is 108 Å². The van der Waals surface area contributed by atoms with E-state index in [0.717, 1.165) is 37.9 Å². The van der Waals surface area contributed by atoms with Gasteiger partial charge in [-0.15, -0.1) is 0 Å². The summed E-state index contributed by atoms with van der Waals surface area (Å²) in [6.07, 6.45) is -12.7. The van der Waals surface area contributed by atoms with Crippen LogP contribution in [0.4, 0.5) is 0 Å². The molecule has 0 aliphatic rings. The SMILES string of the molecule is O=C(O)CCC(CCC(=O)O)(CCC(=O)O)NC(=O)CCC(CCC(=O)NC(CCC(=O)O)(CCC(=O)O)CCC(=O)O)(CCC(=O)NC(CCC(=O)O)(CCC(=O)O)CCC(=O)O)NC(=O)CCCc1ccc2ccc3cccc4ccc1c2c34. The maximum Gasteiger partial charge on any atom is 0.303 e. The maximum atomic E-state index is 14.6. The van der Waals surface area contributed by atoms with Crippen molar-refractivity contribution in [3.8, 4) is 0 Å². The molecule has 4 aromatic rings. The van der Waals surface area contributed by atoms with Crippen LogP contribution < -0.4 is 21.3 Å². The molecule has 4 amide bonds. The average Bonchev–Trinajstić information content (AvgIpc) is 0.961. The first kappa shape index (κ1) is 69.5. The lowest BCUT2D eigenvalue weighted by atomic mass is 9.80. The van der Waals surface area contributed by atoms with Crippen molar-refractivity contribution >= 4 is 110 Å². The molecule has 4 rings (SSSR count). The summed E-state index contributed by atoms with van der Waals surface area (Å²) in [6.45, 7) is 0. The van der Waals surface area contributed by atoms with Gasteiger partial charge in [-0.1, -0.05) is 54.6 Å². The molecule has 0 radical (unpaired) electrons. The molecule has 468 valence electrons. The minimum Gasteiger partial charge on any atom is -0.481 e. The number of carboxylic acid groups (broad SMARTS) is 9. The zero-order valence-corrected chi connectivity index (χ0v) is 47.6. The van der Waals surface area contributed by atoms with Crippen LogP contribution in [0.1, 0.15) is 173 Å². The highest BCUT2D eigenvalue weighted by atomic mass is 16.4. The first-order chi connectivity index (χ1) is 40.5. The summed E-state index contributed by atoms with van der Waals surface area (Å²) in [6, 6.07) is 17.9. The van der Waals surface area contributed by atoms with Crippen molar-refractivity contribution in [2.75, 3.05) is 0 Å². The number of carbonyl (C=O) groups excluding carboxylic acids is 4. The Morgan fingerprint density at radius 1 is 0.279 bits per heavy atom. The topological polar surface area (TPSA) is 452 Å². The van der Waals surface area contributed by atoms with Crippen molar-refractivity contribution in [2.45, 2.75) is 196 Å². The number of nitrogens with one attached hydrogen (secondary N) is 4. The normalized spacial score (nSPS) is 11.9. The van der Waals surface area contributed by atoms with Crippen LogP contribution in [-0.2, 0) is 68.7 Å². The molecule has 26 heteroatoms. The monoisotopic (exact) mass is 1200 g/mol. The quantitative estimate of drug-likeness (QED) is 0.0211. The summed E-state index contributed by atoms with van der Waals surface area (Å²) in [5.74, 6) is -15.7. The third kappa shape index (κ3) is 22.9. The zero-order chi connectivity index (χ0) is 63.8. The van der Waals surface area contributed by atoms with Crippen molar-refractivity contribution in [1.82, 2.24) is 21.3 Å². The standard InChI is InChI=1S/C60H76N4O22/c65-42(6-2-3-37-7-8-40-10-9-38-4-1-5-39-11-12-41(37)56(40)55(38)39)61-57(25-13-43(66)62-58(28-16-46(69)70,29-17-47(71)72)30-18-48(73)74,26-14-44(67)63-59(31-19-49(75)76,32-20-50(77)78)33-21-51(79)80)27-15-45(68)64-60(34-22-52(81)82,35-23-53(83)84)36-24-54(85)86/h1,4-5,7-12H,2-3,6,13-36H2,(H,61,65)(H,62,66)(H,63,67)(H,64,68)(H,69,70)(H,71,72)(H,73,74)(H,75,76)(H,77,78)(H,79,80)(H,81,82)(H,83,84)(H,85,86). The molecule has 0 bridgehead atoms. The van der Waals surface area contributed by atoms with E-state index in [-0.39, 0.29) is 12.8 Å². The van der Waals surface area contributed by atoms with Crippen LogP contribution in [0.15, 0.2) is 54.6 Å².